The van der Waals surface area contributed by atoms with Crippen LogP contribution in [0.5, 0.6) is 5.88 Å². The topological polar surface area (TPSA) is 107 Å². The number of nitrogens with zero attached hydrogens (tertiary/aromatic N) is 4. The molecule has 1 aliphatic rings. The summed E-state index contributed by atoms with van der Waals surface area (Å²) in [6.07, 6.45) is 0.736. The highest BCUT2D eigenvalue weighted by atomic mass is 35.5. The largest absolute Gasteiger partial charge is 0.468 e. The SMILES string of the molecule is CC(C)COC(=O)N1CC(Oc2nnc(Cl)cc2NC(=O)c2ccnc(Cl)c2)C1. The standard InChI is InChI=1S/C18H19Cl2N5O4/c1-10(2)9-28-18(27)25-7-12(8-25)29-17-13(6-15(20)23-24-17)22-16(26)11-3-4-21-14(19)5-11/h3-6,10,12H,7-9H2,1-2H3,(H,22,23,26). The van der Waals surface area contributed by atoms with E-state index in [1.807, 2.05) is 13.8 Å². The van der Waals surface area contributed by atoms with Crippen LogP contribution in [0.25, 0.3) is 0 Å². The lowest BCUT2D eigenvalue weighted by molar-refractivity contribution is 0.00616. The number of carbonyl (C=O) groups excluding carboxylic acids is 2. The molecule has 154 valence electrons. The molecule has 2 aromatic rings. The number of ether oxygens (including phenoxy) is 2. The Balaban J connectivity index is 1.61. The van der Waals surface area contributed by atoms with Gasteiger partial charge in [0.05, 0.1) is 19.7 Å². The molecule has 0 unspecified atom stereocenters. The fourth-order valence-electron chi connectivity index (χ4n) is 2.42. The predicted molar refractivity (Wildman–Crippen MR) is 106 cm³/mol. The van der Waals surface area contributed by atoms with E-state index in [1.54, 1.807) is 0 Å². The summed E-state index contributed by atoms with van der Waals surface area (Å²) in [4.78, 5) is 29.7. The van der Waals surface area contributed by atoms with E-state index in [4.69, 9.17) is 32.7 Å². The van der Waals surface area contributed by atoms with Crippen molar-refractivity contribution in [3.63, 3.8) is 0 Å². The average molecular weight is 440 g/mol. The van der Waals surface area contributed by atoms with Gasteiger partial charge in [0.15, 0.2) is 5.15 Å². The lowest BCUT2D eigenvalue weighted by Gasteiger charge is -2.37. The number of carbonyl (C=O) groups is 2. The molecule has 1 fully saturated rings. The van der Waals surface area contributed by atoms with Gasteiger partial charge >= 0.3 is 6.09 Å². The van der Waals surface area contributed by atoms with Crippen molar-refractivity contribution in [3.05, 3.63) is 40.3 Å². The average Bonchev–Trinajstić information content (AvgIpc) is 2.63. The highest BCUT2D eigenvalue weighted by Gasteiger charge is 2.34. The van der Waals surface area contributed by atoms with Crippen molar-refractivity contribution in [3.8, 4) is 5.88 Å². The molecular weight excluding hydrogens is 421 g/mol. The smallest absolute Gasteiger partial charge is 0.410 e. The molecule has 2 aromatic heterocycles. The summed E-state index contributed by atoms with van der Waals surface area (Å²) in [5, 5.41) is 10.6. The van der Waals surface area contributed by atoms with Gasteiger partial charge < -0.3 is 19.7 Å². The van der Waals surface area contributed by atoms with Crippen LogP contribution >= 0.6 is 23.2 Å². The fraction of sp³-hybridized carbons (Fsp3) is 0.389. The molecule has 1 aliphatic heterocycles. The number of anilines is 1. The Hall–Kier alpha value is -2.65. The van der Waals surface area contributed by atoms with E-state index in [2.05, 4.69) is 20.5 Å². The van der Waals surface area contributed by atoms with Gasteiger partial charge in [0.1, 0.15) is 16.9 Å². The third-order valence-corrected chi connectivity index (χ3v) is 4.28. The van der Waals surface area contributed by atoms with Crippen molar-refractivity contribution < 1.29 is 19.1 Å². The zero-order valence-electron chi connectivity index (χ0n) is 15.8. The summed E-state index contributed by atoms with van der Waals surface area (Å²) in [5.41, 5.74) is 0.565. The molecule has 0 spiro atoms. The fourth-order valence-corrected chi connectivity index (χ4v) is 2.74. The highest BCUT2D eigenvalue weighted by Crippen LogP contribution is 2.27. The molecule has 0 aromatic carbocycles. The molecule has 0 atom stereocenters. The molecule has 1 N–H and O–H groups in total. The van der Waals surface area contributed by atoms with Crippen molar-refractivity contribution in [2.24, 2.45) is 5.92 Å². The van der Waals surface area contributed by atoms with Crippen molar-refractivity contribution in [2.45, 2.75) is 20.0 Å². The molecule has 0 radical (unpaired) electrons. The third kappa shape index (κ3) is 5.68. The molecule has 2 amide bonds. The van der Waals surface area contributed by atoms with Crippen LogP contribution in [0, 0.1) is 5.92 Å². The normalized spacial score (nSPS) is 13.8. The summed E-state index contributed by atoms with van der Waals surface area (Å²) in [5.74, 6) is -0.0723. The van der Waals surface area contributed by atoms with Crippen LogP contribution in [0.2, 0.25) is 10.3 Å². The number of nitrogens with one attached hydrogen (secondary N) is 1. The number of hydrogen-bond donors (Lipinski definition) is 1. The summed E-state index contributed by atoms with van der Waals surface area (Å²) < 4.78 is 10.9. The Bertz CT molecular complexity index is 906. The van der Waals surface area contributed by atoms with Crippen molar-refractivity contribution >= 4 is 40.9 Å². The van der Waals surface area contributed by atoms with E-state index in [1.165, 1.54) is 29.3 Å². The molecule has 0 bridgehead atoms. The molecule has 0 aliphatic carbocycles. The van der Waals surface area contributed by atoms with Crippen LogP contribution in [0.15, 0.2) is 24.4 Å². The maximum Gasteiger partial charge on any atom is 0.410 e. The van der Waals surface area contributed by atoms with Crippen LogP contribution < -0.4 is 10.1 Å². The van der Waals surface area contributed by atoms with Crippen molar-refractivity contribution in [2.75, 3.05) is 25.0 Å². The van der Waals surface area contributed by atoms with E-state index in [0.717, 1.165) is 0 Å². The lowest BCUT2D eigenvalue weighted by Crippen LogP contribution is -2.56. The van der Waals surface area contributed by atoms with Crippen LogP contribution in [-0.2, 0) is 4.74 Å². The summed E-state index contributed by atoms with van der Waals surface area (Å²) >= 11 is 11.7. The minimum absolute atomic E-state index is 0.0907. The maximum atomic E-state index is 12.5. The predicted octanol–water partition coefficient (Wildman–Crippen LogP) is 3.29. The van der Waals surface area contributed by atoms with Crippen LogP contribution in [-0.4, -0.2) is 57.9 Å². The summed E-state index contributed by atoms with van der Waals surface area (Å²) in [6, 6.07) is 4.38. The van der Waals surface area contributed by atoms with Gasteiger partial charge in [0.25, 0.3) is 11.8 Å². The summed E-state index contributed by atoms with van der Waals surface area (Å²) in [6.45, 7) is 4.97. The maximum absolute atomic E-state index is 12.5. The van der Waals surface area contributed by atoms with Gasteiger partial charge in [-0.05, 0) is 18.1 Å². The van der Waals surface area contributed by atoms with Crippen LogP contribution in [0.1, 0.15) is 24.2 Å². The van der Waals surface area contributed by atoms with Gasteiger partial charge in [0.2, 0.25) is 0 Å². The molecule has 9 nitrogen and oxygen atoms in total. The Morgan fingerprint density at radius 1 is 1.24 bits per heavy atom. The Morgan fingerprint density at radius 3 is 2.69 bits per heavy atom. The van der Waals surface area contributed by atoms with Crippen molar-refractivity contribution in [1.29, 1.82) is 0 Å². The highest BCUT2D eigenvalue weighted by molar-refractivity contribution is 6.30. The number of likely N-dealkylation sites (tertiary alicyclic amines) is 1. The number of rotatable bonds is 6. The van der Waals surface area contributed by atoms with Crippen LogP contribution in [0.4, 0.5) is 10.5 Å². The quantitative estimate of drug-likeness (QED) is 0.687. The molecule has 29 heavy (non-hydrogen) atoms. The van der Waals surface area contributed by atoms with E-state index in [-0.39, 0.29) is 40.0 Å². The van der Waals surface area contributed by atoms with Gasteiger partial charge in [-0.1, -0.05) is 37.0 Å². The zero-order chi connectivity index (χ0) is 21.0. The number of pyridine rings is 1. The van der Waals surface area contributed by atoms with Gasteiger partial charge in [-0.3, -0.25) is 4.79 Å². The molecule has 1 saturated heterocycles. The molecule has 11 heteroatoms. The molecular formula is C18H19Cl2N5O4. The first-order valence-corrected chi connectivity index (χ1v) is 9.62. The van der Waals surface area contributed by atoms with E-state index in [9.17, 15) is 9.59 Å². The first-order chi connectivity index (χ1) is 13.8. The summed E-state index contributed by atoms with van der Waals surface area (Å²) in [7, 11) is 0. The van der Waals surface area contributed by atoms with Crippen LogP contribution in [0.3, 0.4) is 0 Å². The van der Waals surface area contributed by atoms with E-state index >= 15 is 0 Å². The molecule has 0 saturated carbocycles. The minimum atomic E-state index is -0.435. The van der Waals surface area contributed by atoms with Crippen molar-refractivity contribution in [1.82, 2.24) is 20.1 Å². The first-order valence-electron chi connectivity index (χ1n) is 8.86. The Morgan fingerprint density at radius 2 is 2.00 bits per heavy atom. The minimum Gasteiger partial charge on any atom is -0.468 e. The molecule has 3 heterocycles. The van der Waals surface area contributed by atoms with E-state index < -0.39 is 5.91 Å². The van der Waals surface area contributed by atoms with Gasteiger partial charge in [-0.2, -0.15) is 0 Å². The van der Waals surface area contributed by atoms with E-state index in [0.29, 0.717) is 25.3 Å². The molecule has 3 rings (SSSR count). The number of aromatic nitrogens is 3. The first kappa shape index (κ1) is 21.1. The lowest BCUT2D eigenvalue weighted by atomic mass is 10.2. The second-order valence-electron chi connectivity index (χ2n) is 6.82. The van der Waals surface area contributed by atoms with Gasteiger partial charge in [0, 0.05) is 17.8 Å². The monoisotopic (exact) mass is 439 g/mol. The number of amides is 2. The van der Waals surface area contributed by atoms with Gasteiger partial charge in [-0.15, -0.1) is 10.2 Å². The Labute approximate surface area is 177 Å². The van der Waals surface area contributed by atoms with Gasteiger partial charge in [-0.25, -0.2) is 9.78 Å². The third-order valence-electron chi connectivity index (χ3n) is 3.89. The second kappa shape index (κ2) is 9.23. The second-order valence-corrected chi connectivity index (χ2v) is 7.60. The zero-order valence-corrected chi connectivity index (χ0v) is 17.3. The Kier molecular flexibility index (Phi) is 6.71. The number of halogens is 2. The number of hydrogen-bond acceptors (Lipinski definition) is 7.